The molecule has 0 bridgehead atoms. The van der Waals surface area contributed by atoms with Crippen molar-refractivity contribution in [2.24, 2.45) is 5.92 Å². The van der Waals surface area contributed by atoms with Gasteiger partial charge in [-0.2, -0.15) is 0 Å². The molecule has 0 radical (unpaired) electrons. The lowest BCUT2D eigenvalue weighted by Gasteiger charge is -2.18. The van der Waals surface area contributed by atoms with Gasteiger partial charge in [0.15, 0.2) is 5.78 Å². The summed E-state index contributed by atoms with van der Waals surface area (Å²) in [4.78, 5) is 34.1. The van der Waals surface area contributed by atoms with Crippen LogP contribution in [0.2, 0.25) is 0 Å². The van der Waals surface area contributed by atoms with Gasteiger partial charge < -0.3 is 10.4 Å². The van der Waals surface area contributed by atoms with Gasteiger partial charge in [0, 0.05) is 13.3 Å². The highest BCUT2D eigenvalue weighted by Gasteiger charge is 2.24. The molecule has 1 amide bonds. The van der Waals surface area contributed by atoms with Gasteiger partial charge in [-0.05, 0) is 12.0 Å². The van der Waals surface area contributed by atoms with Gasteiger partial charge in [-0.3, -0.25) is 14.4 Å². The van der Waals surface area contributed by atoms with Gasteiger partial charge in [0.1, 0.15) is 0 Å². The maximum absolute atomic E-state index is 12.1. The molecule has 5 nitrogen and oxygen atoms in total. The third kappa shape index (κ3) is 5.22. The topological polar surface area (TPSA) is 83.5 Å². The Balaban J connectivity index is 2.75. The quantitative estimate of drug-likeness (QED) is 0.789. The summed E-state index contributed by atoms with van der Waals surface area (Å²) in [6.07, 6.45) is 0.276. The van der Waals surface area contributed by atoms with Crippen molar-refractivity contribution in [3.8, 4) is 0 Å². The Morgan fingerprint density at radius 1 is 1.20 bits per heavy atom. The number of ketones is 1. The summed E-state index contributed by atoms with van der Waals surface area (Å²) in [5.74, 6) is -2.34. The zero-order chi connectivity index (χ0) is 15.1. The van der Waals surface area contributed by atoms with Crippen molar-refractivity contribution in [1.29, 1.82) is 0 Å². The van der Waals surface area contributed by atoms with E-state index >= 15 is 0 Å². The number of carboxylic acid groups (broad SMARTS) is 1. The summed E-state index contributed by atoms with van der Waals surface area (Å²) < 4.78 is 0. The van der Waals surface area contributed by atoms with E-state index in [1.807, 2.05) is 30.3 Å². The minimum atomic E-state index is -1.01. The Kier molecular flexibility index (Phi) is 5.90. The van der Waals surface area contributed by atoms with Crippen LogP contribution in [0.15, 0.2) is 30.3 Å². The van der Waals surface area contributed by atoms with E-state index in [4.69, 9.17) is 5.11 Å². The molecular weight excluding hydrogens is 258 g/mol. The highest BCUT2D eigenvalue weighted by molar-refractivity contribution is 5.91. The summed E-state index contributed by atoms with van der Waals surface area (Å²) in [7, 11) is 0. The van der Waals surface area contributed by atoms with Crippen molar-refractivity contribution in [3.05, 3.63) is 35.9 Å². The summed E-state index contributed by atoms with van der Waals surface area (Å²) in [5, 5.41) is 11.4. The molecule has 1 aromatic rings. The van der Waals surface area contributed by atoms with Crippen molar-refractivity contribution in [1.82, 2.24) is 5.32 Å². The minimum absolute atomic E-state index is 0.0902. The predicted molar refractivity (Wildman–Crippen MR) is 74.2 cm³/mol. The number of Topliss-reactive ketones (excluding diaryl/α,β-unsaturated/α-hetero) is 1. The molecule has 20 heavy (non-hydrogen) atoms. The van der Waals surface area contributed by atoms with E-state index in [9.17, 15) is 14.4 Å². The van der Waals surface area contributed by atoms with E-state index in [1.165, 1.54) is 13.8 Å². The first kappa shape index (κ1) is 15.9. The summed E-state index contributed by atoms with van der Waals surface area (Å²) in [5.41, 5.74) is 0.919. The number of hydrogen-bond acceptors (Lipinski definition) is 3. The molecule has 0 saturated carbocycles. The van der Waals surface area contributed by atoms with Crippen LogP contribution < -0.4 is 5.32 Å². The predicted octanol–water partition coefficient (Wildman–Crippen LogP) is 1.41. The van der Waals surface area contributed by atoms with Crippen molar-refractivity contribution < 1.29 is 19.5 Å². The van der Waals surface area contributed by atoms with E-state index in [1.54, 1.807) is 0 Å². The second-order valence-corrected chi connectivity index (χ2v) is 4.85. The largest absolute Gasteiger partial charge is 0.481 e. The molecule has 0 spiro atoms. The highest BCUT2D eigenvalue weighted by atomic mass is 16.4. The van der Waals surface area contributed by atoms with Gasteiger partial charge in [-0.1, -0.05) is 37.3 Å². The molecule has 2 atom stereocenters. The fraction of sp³-hybridized carbons (Fsp3) is 0.400. The normalized spacial score (nSPS) is 13.3. The van der Waals surface area contributed by atoms with E-state index in [2.05, 4.69) is 5.32 Å². The zero-order valence-corrected chi connectivity index (χ0v) is 11.6. The van der Waals surface area contributed by atoms with Crippen LogP contribution in [0.25, 0.3) is 0 Å². The molecule has 108 valence electrons. The van der Waals surface area contributed by atoms with Gasteiger partial charge in [0.25, 0.3) is 0 Å². The van der Waals surface area contributed by atoms with Crippen LogP contribution in [0.5, 0.6) is 0 Å². The third-order valence-electron chi connectivity index (χ3n) is 2.98. The number of carbonyl (C=O) groups is 3. The average molecular weight is 277 g/mol. The Bertz CT molecular complexity index is 484. The van der Waals surface area contributed by atoms with Gasteiger partial charge in [-0.25, -0.2) is 0 Å². The van der Waals surface area contributed by atoms with Gasteiger partial charge >= 0.3 is 5.97 Å². The van der Waals surface area contributed by atoms with E-state index in [0.29, 0.717) is 6.42 Å². The maximum Gasteiger partial charge on any atom is 0.306 e. The highest BCUT2D eigenvalue weighted by Crippen LogP contribution is 2.10. The SMILES string of the molecule is CC(=O)N[C@H](Cc1ccccc1)C(=O)C[C@H](C)C(=O)O. The second kappa shape index (κ2) is 7.43. The molecule has 1 rings (SSSR count). The number of amides is 1. The summed E-state index contributed by atoms with van der Waals surface area (Å²) in [6, 6.07) is 8.61. The van der Waals surface area contributed by atoms with E-state index in [0.717, 1.165) is 5.56 Å². The van der Waals surface area contributed by atoms with Gasteiger partial charge in [0.2, 0.25) is 5.91 Å². The summed E-state index contributed by atoms with van der Waals surface area (Å²) >= 11 is 0. The monoisotopic (exact) mass is 277 g/mol. The van der Waals surface area contributed by atoms with Crippen molar-refractivity contribution in [2.75, 3.05) is 0 Å². The maximum atomic E-state index is 12.1. The lowest BCUT2D eigenvalue weighted by Crippen LogP contribution is -2.42. The molecular formula is C15H19NO4. The third-order valence-corrected chi connectivity index (χ3v) is 2.98. The van der Waals surface area contributed by atoms with Crippen LogP contribution in [0, 0.1) is 5.92 Å². The lowest BCUT2D eigenvalue weighted by atomic mass is 9.95. The number of nitrogens with one attached hydrogen (secondary N) is 1. The second-order valence-electron chi connectivity index (χ2n) is 4.85. The first-order valence-corrected chi connectivity index (χ1v) is 6.46. The van der Waals surface area contributed by atoms with E-state index < -0.39 is 17.9 Å². The molecule has 0 aliphatic carbocycles. The lowest BCUT2D eigenvalue weighted by molar-refractivity contribution is -0.143. The fourth-order valence-electron chi connectivity index (χ4n) is 1.87. The van der Waals surface area contributed by atoms with Gasteiger partial charge in [0.05, 0.1) is 12.0 Å². The van der Waals surface area contributed by atoms with Crippen LogP contribution in [0.1, 0.15) is 25.8 Å². The van der Waals surface area contributed by atoms with Crippen LogP contribution >= 0.6 is 0 Å². The molecule has 0 heterocycles. The van der Waals surface area contributed by atoms with E-state index in [-0.39, 0.29) is 18.1 Å². The molecule has 0 aliphatic rings. The number of carbonyl (C=O) groups excluding carboxylic acids is 2. The molecule has 0 aliphatic heterocycles. The molecule has 0 unspecified atom stereocenters. The fourth-order valence-corrected chi connectivity index (χ4v) is 1.87. The first-order chi connectivity index (χ1) is 9.40. The standard InChI is InChI=1S/C15H19NO4/c1-10(15(19)20)8-14(18)13(16-11(2)17)9-12-6-4-3-5-7-12/h3-7,10,13H,8-9H2,1-2H3,(H,16,17)(H,19,20)/t10-,13+/m0/s1. The number of hydrogen-bond donors (Lipinski definition) is 2. The Morgan fingerprint density at radius 2 is 1.80 bits per heavy atom. The number of rotatable bonds is 7. The zero-order valence-electron chi connectivity index (χ0n) is 11.6. The van der Waals surface area contributed by atoms with Crippen molar-refractivity contribution >= 4 is 17.7 Å². The van der Waals surface area contributed by atoms with Crippen LogP contribution in [0.4, 0.5) is 0 Å². The average Bonchev–Trinajstić information content (AvgIpc) is 2.38. The molecule has 1 aromatic carbocycles. The first-order valence-electron chi connectivity index (χ1n) is 6.46. The van der Waals surface area contributed by atoms with Gasteiger partial charge in [-0.15, -0.1) is 0 Å². The minimum Gasteiger partial charge on any atom is -0.481 e. The van der Waals surface area contributed by atoms with Crippen molar-refractivity contribution in [2.45, 2.75) is 32.7 Å². The molecule has 5 heteroatoms. The van der Waals surface area contributed by atoms with Crippen LogP contribution in [-0.2, 0) is 20.8 Å². The Morgan fingerprint density at radius 3 is 2.30 bits per heavy atom. The van der Waals surface area contributed by atoms with Crippen LogP contribution in [0.3, 0.4) is 0 Å². The van der Waals surface area contributed by atoms with Crippen molar-refractivity contribution in [3.63, 3.8) is 0 Å². The number of aliphatic carboxylic acids is 1. The molecule has 0 fully saturated rings. The molecule has 2 N–H and O–H groups in total. The smallest absolute Gasteiger partial charge is 0.306 e. The van der Waals surface area contributed by atoms with Crippen LogP contribution in [-0.4, -0.2) is 28.8 Å². The summed E-state index contributed by atoms with van der Waals surface area (Å²) in [6.45, 7) is 2.82. The number of benzene rings is 1. The molecule has 0 aromatic heterocycles. The Hall–Kier alpha value is -2.17. The Labute approximate surface area is 118 Å². The number of carboxylic acids is 1. The molecule has 0 saturated heterocycles.